The van der Waals surface area contributed by atoms with E-state index in [-0.39, 0.29) is 5.41 Å². The number of aromatic nitrogens is 2. The highest BCUT2D eigenvalue weighted by Gasteiger charge is 2.32. The zero-order chi connectivity index (χ0) is 33.2. The van der Waals surface area contributed by atoms with Crippen molar-refractivity contribution < 1.29 is 0 Å². The van der Waals surface area contributed by atoms with Crippen LogP contribution in [0.1, 0.15) is 59.0 Å². The highest BCUT2D eigenvalue weighted by atomic mass is 32.1. The van der Waals surface area contributed by atoms with Gasteiger partial charge in [0.1, 0.15) is 0 Å². The molecule has 0 saturated carbocycles. The predicted octanol–water partition coefficient (Wildman–Crippen LogP) is 12.2. The number of nitrogens with zero attached hydrogens (tertiary/aromatic N) is 2. The Morgan fingerprint density at radius 2 is 1.66 bits per heavy atom. The van der Waals surface area contributed by atoms with Crippen LogP contribution in [0.3, 0.4) is 0 Å². The number of thiophene rings is 1. The maximum Gasteiger partial charge on any atom is 0.0972 e. The molecule has 4 aromatic carbocycles. The average molecular weight is 663 g/mol. The Morgan fingerprint density at radius 1 is 0.780 bits per heavy atom. The second-order valence-corrected chi connectivity index (χ2v) is 15.7. The van der Waals surface area contributed by atoms with Crippen LogP contribution in [0.15, 0.2) is 128 Å². The van der Waals surface area contributed by atoms with Gasteiger partial charge in [-0.05, 0) is 106 Å². The molecule has 0 radical (unpaired) electrons. The lowest BCUT2D eigenvalue weighted by Gasteiger charge is -2.30. The van der Waals surface area contributed by atoms with Crippen molar-refractivity contribution in [3.8, 4) is 11.1 Å². The Labute approximate surface area is 297 Å². The summed E-state index contributed by atoms with van der Waals surface area (Å²) < 4.78 is 1.40. The summed E-state index contributed by atoms with van der Waals surface area (Å²) in [4.78, 5) is 12.1. The largest absolute Gasteiger partial charge is 0.252 e. The average Bonchev–Trinajstić information content (AvgIpc) is 3.56. The van der Waals surface area contributed by atoms with Gasteiger partial charge in [-0.2, -0.15) is 0 Å². The Morgan fingerprint density at radius 3 is 2.54 bits per heavy atom. The number of aryl methyl sites for hydroxylation is 1. The van der Waals surface area contributed by atoms with Gasteiger partial charge >= 0.3 is 0 Å². The molecule has 10 rings (SSSR count). The summed E-state index contributed by atoms with van der Waals surface area (Å²) in [6.45, 7) is 2.34. The molecule has 0 aliphatic heterocycles. The number of fused-ring (bicyclic) bond motifs is 9. The lowest BCUT2D eigenvalue weighted by atomic mass is 9.75. The molecular weight excluding hydrogens is 625 g/mol. The Kier molecular flexibility index (Phi) is 6.99. The Hall–Kier alpha value is -5.12. The van der Waals surface area contributed by atoms with E-state index in [2.05, 4.69) is 140 Å². The SMILES string of the molecule is CC1(c2cnc3c(n2)c2c(c4ccccc43)CCC=C2)C=CC=C(c2cc(-c3ccccc3)cc3c4c(sc23)C=CC(C2C=CC=CC2)C4)C1. The van der Waals surface area contributed by atoms with Crippen LogP contribution >= 0.6 is 11.3 Å². The van der Waals surface area contributed by atoms with E-state index in [0.717, 1.165) is 48.8 Å². The van der Waals surface area contributed by atoms with Crippen LogP contribution in [-0.2, 0) is 18.3 Å². The molecule has 0 saturated heterocycles. The van der Waals surface area contributed by atoms with E-state index in [1.807, 2.05) is 17.5 Å². The standard InChI is InChI=1S/C47H38N2S/c1-47(43-29-48-44-37-20-10-8-18-35(37)36-19-9-11-21-38(36)45(44)49-43)24-12-17-33(28-47)39-26-34(31-15-6-3-7-16-31)27-41-40-25-32(30-13-4-2-5-14-30)22-23-42(40)50-46(39)41/h2-8,10-13,15-18,20-24,26-27,29-30,32H,9,14,19,25,28H2,1H3. The van der Waals surface area contributed by atoms with Gasteiger partial charge in [0.05, 0.1) is 22.9 Å². The molecular formula is C47H38N2S. The first-order chi connectivity index (χ1) is 24.6. The third-order valence-electron chi connectivity index (χ3n) is 11.5. The molecule has 3 heteroatoms. The second kappa shape index (κ2) is 11.7. The number of rotatable bonds is 4. The summed E-state index contributed by atoms with van der Waals surface area (Å²) in [5.41, 5.74) is 12.2. The minimum atomic E-state index is -0.292. The third kappa shape index (κ3) is 4.82. The lowest BCUT2D eigenvalue weighted by molar-refractivity contribution is 0.473. The molecule has 0 fully saturated rings. The zero-order valence-electron chi connectivity index (χ0n) is 28.3. The molecule has 4 aliphatic carbocycles. The maximum atomic E-state index is 5.49. The molecule has 6 aromatic rings. The minimum Gasteiger partial charge on any atom is -0.252 e. The first kappa shape index (κ1) is 29.8. The van der Waals surface area contributed by atoms with E-state index in [4.69, 9.17) is 9.97 Å². The molecule has 2 nitrogen and oxygen atoms in total. The van der Waals surface area contributed by atoms with Crippen molar-refractivity contribution in [1.82, 2.24) is 9.97 Å². The highest BCUT2D eigenvalue weighted by molar-refractivity contribution is 7.20. The predicted molar refractivity (Wildman–Crippen MR) is 213 cm³/mol. The minimum absolute atomic E-state index is 0.292. The first-order valence-electron chi connectivity index (χ1n) is 18.1. The van der Waals surface area contributed by atoms with Gasteiger partial charge in [0.2, 0.25) is 0 Å². The van der Waals surface area contributed by atoms with E-state index in [1.54, 1.807) is 0 Å². The number of benzene rings is 4. The maximum absolute atomic E-state index is 5.49. The summed E-state index contributed by atoms with van der Waals surface area (Å²) in [5, 5.41) is 3.93. The molecule has 0 bridgehead atoms. The molecule has 2 heterocycles. The van der Waals surface area contributed by atoms with Crippen molar-refractivity contribution in [3.05, 3.63) is 160 Å². The number of hydrogen-bond acceptors (Lipinski definition) is 3. The lowest BCUT2D eigenvalue weighted by Crippen LogP contribution is -2.23. The second-order valence-electron chi connectivity index (χ2n) is 14.6. The summed E-state index contributed by atoms with van der Waals surface area (Å²) in [6.07, 6.45) is 32.7. The topological polar surface area (TPSA) is 25.8 Å². The molecule has 242 valence electrons. The molecule has 3 atom stereocenters. The summed E-state index contributed by atoms with van der Waals surface area (Å²) in [5.74, 6) is 1.08. The molecule has 0 amide bonds. The van der Waals surface area contributed by atoms with E-state index in [0.29, 0.717) is 11.8 Å². The van der Waals surface area contributed by atoms with Crippen molar-refractivity contribution in [2.75, 3.05) is 0 Å². The van der Waals surface area contributed by atoms with Crippen molar-refractivity contribution >= 4 is 61.0 Å². The molecule has 4 aliphatic rings. The van der Waals surface area contributed by atoms with Crippen LogP contribution in [-0.4, -0.2) is 9.97 Å². The normalized spacial score (nSPS) is 22.3. The fraction of sp³-hybridized carbons (Fsp3) is 0.191. The van der Waals surface area contributed by atoms with Crippen molar-refractivity contribution in [2.45, 2.75) is 44.4 Å². The monoisotopic (exact) mass is 662 g/mol. The molecule has 2 aromatic heterocycles. The van der Waals surface area contributed by atoms with Gasteiger partial charge in [0.25, 0.3) is 0 Å². The molecule has 0 spiro atoms. The smallest absolute Gasteiger partial charge is 0.0972 e. The van der Waals surface area contributed by atoms with Gasteiger partial charge in [0.15, 0.2) is 0 Å². The van der Waals surface area contributed by atoms with Crippen molar-refractivity contribution in [3.63, 3.8) is 0 Å². The van der Waals surface area contributed by atoms with Gasteiger partial charge in [-0.3, -0.25) is 4.98 Å². The van der Waals surface area contributed by atoms with Gasteiger partial charge < -0.3 is 0 Å². The molecule has 50 heavy (non-hydrogen) atoms. The Balaban J connectivity index is 1.09. The summed E-state index contributed by atoms with van der Waals surface area (Å²) >= 11 is 1.97. The number of hydrogen-bond donors (Lipinski definition) is 0. The molecule has 0 N–H and O–H groups in total. The van der Waals surface area contributed by atoms with Gasteiger partial charge in [-0.1, -0.05) is 122 Å². The fourth-order valence-corrected chi connectivity index (χ4v) is 10.1. The van der Waals surface area contributed by atoms with Crippen LogP contribution in [0.5, 0.6) is 0 Å². The van der Waals surface area contributed by atoms with E-state index in [1.165, 1.54) is 64.7 Å². The van der Waals surface area contributed by atoms with E-state index >= 15 is 0 Å². The van der Waals surface area contributed by atoms with Crippen LogP contribution in [0.2, 0.25) is 0 Å². The summed E-state index contributed by atoms with van der Waals surface area (Å²) in [6, 6.07) is 24.5. The zero-order valence-corrected chi connectivity index (χ0v) is 29.1. The fourth-order valence-electron chi connectivity index (χ4n) is 8.79. The van der Waals surface area contributed by atoms with Crippen LogP contribution < -0.4 is 0 Å². The first-order valence-corrected chi connectivity index (χ1v) is 18.9. The third-order valence-corrected chi connectivity index (χ3v) is 12.7. The van der Waals surface area contributed by atoms with E-state index < -0.39 is 0 Å². The van der Waals surface area contributed by atoms with Gasteiger partial charge in [0, 0.05) is 25.9 Å². The van der Waals surface area contributed by atoms with Crippen molar-refractivity contribution in [1.29, 1.82) is 0 Å². The molecule has 3 unspecified atom stereocenters. The van der Waals surface area contributed by atoms with Crippen molar-refractivity contribution in [2.24, 2.45) is 11.8 Å². The van der Waals surface area contributed by atoms with Gasteiger partial charge in [-0.25, -0.2) is 4.98 Å². The number of allylic oxidation sites excluding steroid dienone is 10. The van der Waals surface area contributed by atoms with Crippen LogP contribution in [0, 0.1) is 11.8 Å². The van der Waals surface area contributed by atoms with Crippen LogP contribution in [0.4, 0.5) is 0 Å². The summed E-state index contributed by atoms with van der Waals surface area (Å²) in [7, 11) is 0. The Bertz CT molecular complexity index is 2540. The highest BCUT2D eigenvalue weighted by Crippen LogP contribution is 2.48. The quantitative estimate of drug-likeness (QED) is 0.176. The van der Waals surface area contributed by atoms with Crippen LogP contribution in [0.25, 0.3) is 60.7 Å². The van der Waals surface area contributed by atoms with Gasteiger partial charge in [-0.15, -0.1) is 11.3 Å². The van der Waals surface area contributed by atoms with E-state index in [9.17, 15) is 0 Å².